The Labute approximate surface area is 253 Å². The third-order valence-corrected chi connectivity index (χ3v) is 71.2. The largest absolute Gasteiger partial charge is 1.00 e. The van der Waals surface area contributed by atoms with E-state index >= 15 is 0 Å². The summed E-state index contributed by atoms with van der Waals surface area (Å²) in [5, 5.41) is 0. The van der Waals surface area contributed by atoms with E-state index < -0.39 is 24.5 Å². The maximum absolute atomic E-state index is 2.72. The Morgan fingerprint density at radius 2 is 0.949 bits per heavy atom. The van der Waals surface area contributed by atoms with Gasteiger partial charge in [0.15, 0.2) is 0 Å². The summed E-state index contributed by atoms with van der Waals surface area (Å²) in [6.45, 7) is 10.3. The van der Waals surface area contributed by atoms with Gasteiger partial charge in [0.2, 0.25) is 0 Å². The van der Waals surface area contributed by atoms with Crippen LogP contribution < -0.4 is 24.8 Å². The van der Waals surface area contributed by atoms with Gasteiger partial charge in [-0.1, -0.05) is 0 Å². The van der Waals surface area contributed by atoms with E-state index in [1.54, 1.807) is 22.3 Å². The summed E-state index contributed by atoms with van der Waals surface area (Å²) in [6, 6.07) is 36.3. The molecule has 0 saturated heterocycles. The van der Waals surface area contributed by atoms with Crippen LogP contribution in [0.2, 0.25) is 13.1 Å². The molecule has 39 heavy (non-hydrogen) atoms. The Morgan fingerprint density at radius 1 is 0.564 bits per heavy atom. The van der Waals surface area contributed by atoms with E-state index in [0.29, 0.717) is 7.25 Å². The molecule has 0 aliphatic heterocycles. The Hall–Kier alpha value is -1.74. The molecule has 0 bridgehead atoms. The fourth-order valence-corrected chi connectivity index (χ4v) is 43.4. The summed E-state index contributed by atoms with van der Waals surface area (Å²) in [6.07, 6.45) is 5.13. The zero-order chi connectivity index (χ0) is 25.7. The molecule has 200 valence electrons. The molecule has 2 aliphatic carbocycles. The molecule has 0 spiro atoms. The van der Waals surface area contributed by atoms with Crippen LogP contribution in [0.4, 0.5) is 0 Å². The minimum atomic E-state index is -2.72. The van der Waals surface area contributed by atoms with Crippen molar-refractivity contribution in [3.8, 4) is 22.3 Å². The van der Waals surface area contributed by atoms with Gasteiger partial charge in [0, 0.05) is 0 Å². The first-order valence-electron chi connectivity index (χ1n) is 13.6. The first-order chi connectivity index (χ1) is 17.9. The van der Waals surface area contributed by atoms with Gasteiger partial charge in [-0.15, -0.1) is 0 Å². The van der Waals surface area contributed by atoms with Crippen LogP contribution in [-0.2, 0) is 18.6 Å². The summed E-state index contributed by atoms with van der Waals surface area (Å²) in [5.74, 6) is -0.890. The molecular weight excluding hydrogens is 627 g/mol. The number of allylic oxidation sites excluding steroid dienone is 2. The van der Waals surface area contributed by atoms with Gasteiger partial charge in [-0.3, -0.25) is 0 Å². The van der Waals surface area contributed by atoms with Gasteiger partial charge in [0.25, 0.3) is 0 Å². The third kappa shape index (κ3) is 5.00. The normalized spacial score (nSPS) is 18.8. The van der Waals surface area contributed by atoms with Crippen molar-refractivity contribution in [2.24, 2.45) is 0 Å². The minimum Gasteiger partial charge on any atom is -1.00 e. The molecule has 0 fully saturated rings. The van der Waals surface area contributed by atoms with Crippen LogP contribution in [0.3, 0.4) is 0 Å². The summed E-state index contributed by atoms with van der Waals surface area (Å²) in [4.78, 5) is 0. The van der Waals surface area contributed by atoms with Crippen molar-refractivity contribution in [2.75, 3.05) is 0 Å². The molecule has 5 heteroatoms. The van der Waals surface area contributed by atoms with Crippen LogP contribution in [0.5, 0.6) is 0 Å². The van der Waals surface area contributed by atoms with Gasteiger partial charge in [-0.05, 0) is 0 Å². The number of hydrogen-bond donors (Lipinski definition) is 0. The van der Waals surface area contributed by atoms with E-state index in [9.17, 15) is 0 Å². The molecule has 0 saturated carbocycles. The van der Waals surface area contributed by atoms with Crippen LogP contribution in [0, 0.1) is 0 Å². The number of halogens is 2. The maximum Gasteiger partial charge on any atom is -1.00 e. The topological polar surface area (TPSA) is 0 Å². The second-order valence-electron chi connectivity index (χ2n) is 11.5. The van der Waals surface area contributed by atoms with Gasteiger partial charge in [0.1, 0.15) is 0 Å². The molecule has 2 atom stereocenters. The van der Waals surface area contributed by atoms with Gasteiger partial charge in [0.05, 0.1) is 0 Å². The third-order valence-electron chi connectivity index (χ3n) is 9.21. The average molecular weight is 663 g/mol. The molecule has 2 aliphatic rings. The van der Waals surface area contributed by atoms with Crippen LogP contribution >= 0.6 is 0 Å². The molecular formula is C34H36Cl2Si2Zr-2. The molecule has 0 aromatic heterocycles. The van der Waals surface area contributed by atoms with Crippen LogP contribution in [0.25, 0.3) is 34.4 Å². The zero-order valence-corrected chi connectivity index (χ0v) is 30.5. The van der Waals surface area contributed by atoms with Crippen molar-refractivity contribution < 1.29 is 43.4 Å². The van der Waals surface area contributed by atoms with Crippen molar-refractivity contribution in [3.63, 3.8) is 0 Å². The Bertz CT molecular complexity index is 1430. The number of benzene rings is 4. The average Bonchev–Trinajstić information content (AvgIpc) is 3.44. The first kappa shape index (κ1) is 30.2. The summed E-state index contributed by atoms with van der Waals surface area (Å²) in [5.41, 5.74) is 15.1. The Kier molecular flexibility index (Phi) is 9.31. The number of rotatable bonds is 5. The van der Waals surface area contributed by atoms with Crippen LogP contribution in [0.1, 0.15) is 43.4 Å². The zero-order valence-electron chi connectivity index (χ0n) is 23.4. The second kappa shape index (κ2) is 12.0. The quantitative estimate of drug-likeness (QED) is 0.288. The second-order valence-corrected chi connectivity index (χ2v) is 56.3. The van der Waals surface area contributed by atoms with E-state index in [1.165, 1.54) is 40.7 Å². The van der Waals surface area contributed by atoms with Crippen molar-refractivity contribution in [1.29, 1.82) is 0 Å². The fraction of sp³-hybridized carbons (Fsp3) is 0.176. The Balaban J connectivity index is 0.00000176. The summed E-state index contributed by atoms with van der Waals surface area (Å²) in [7, 11) is 1.38. The molecule has 4 aromatic rings. The molecule has 0 amide bonds. The molecule has 0 radical (unpaired) electrons. The number of hydrogen-bond acceptors (Lipinski definition) is 0. The standard InChI is InChI=1S/2C16H13.C2H7Si.2ClH.H3Si.Zr/c2*1-12-10-14-8-5-9-15(16(14)11-12)13-6-3-2-4-7-13;1-3-2;;;;/h2*2-11H,1H3;3H,1-2H3;2*1H;1H3;/p-2. The van der Waals surface area contributed by atoms with E-state index in [1.807, 2.05) is 0 Å². The van der Waals surface area contributed by atoms with Crippen LogP contribution in [-0.4, -0.2) is 13.3 Å². The summed E-state index contributed by atoms with van der Waals surface area (Å²) < 4.78 is 1.40. The SMILES string of the molecule is CC1=Cc2c(-c3ccccc3)cccc2[CH]1[Zr]([SiH3])([CH]1C(C)=Cc2c(-c3ccccc3)cccc21)[SiH](C)C.[Cl-].[Cl-]. The van der Waals surface area contributed by atoms with Crippen molar-refractivity contribution in [2.45, 2.75) is 34.2 Å². The predicted octanol–water partition coefficient (Wildman–Crippen LogP) is 2.06. The molecule has 0 heterocycles. The molecule has 4 aromatic carbocycles. The van der Waals surface area contributed by atoms with E-state index in [-0.39, 0.29) is 24.8 Å². The predicted molar refractivity (Wildman–Crippen MR) is 165 cm³/mol. The molecule has 6 rings (SSSR count). The van der Waals surface area contributed by atoms with Gasteiger partial charge >= 0.3 is 231 Å². The molecule has 0 N–H and O–H groups in total. The monoisotopic (exact) mass is 660 g/mol. The van der Waals surface area contributed by atoms with Gasteiger partial charge < -0.3 is 24.8 Å². The van der Waals surface area contributed by atoms with Crippen LogP contribution in [0.15, 0.2) is 108 Å². The van der Waals surface area contributed by atoms with Crippen molar-refractivity contribution in [3.05, 3.63) is 130 Å². The van der Waals surface area contributed by atoms with Gasteiger partial charge in [-0.25, -0.2) is 0 Å². The van der Waals surface area contributed by atoms with E-state index in [0.717, 1.165) is 0 Å². The van der Waals surface area contributed by atoms with E-state index in [4.69, 9.17) is 0 Å². The van der Waals surface area contributed by atoms with Crippen molar-refractivity contribution >= 4 is 25.4 Å². The first-order valence-corrected chi connectivity index (χ1v) is 32.0. The number of fused-ring (bicyclic) bond motifs is 2. The van der Waals surface area contributed by atoms with E-state index in [2.05, 4.69) is 136 Å². The molecule has 0 nitrogen and oxygen atoms in total. The molecule has 2 unspecified atom stereocenters. The smallest absolute Gasteiger partial charge is 1.00 e. The Morgan fingerprint density at radius 3 is 1.31 bits per heavy atom. The minimum absolute atomic E-state index is 0. The fourth-order valence-electron chi connectivity index (χ4n) is 7.33. The van der Waals surface area contributed by atoms with Crippen molar-refractivity contribution in [1.82, 2.24) is 0 Å². The van der Waals surface area contributed by atoms with Gasteiger partial charge in [-0.2, -0.15) is 0 Å². The summed E-state index contributed by atoms with van der Waals surface area (Å²) >= 11 is -2.72. The maximum atomic E-state index is 2.70.